The monoisotopic (exact) mass is 281 g/mol. The summed E-state index contributed by atoms with van der Waals surface area (Å²) >= 11 is 5.98. The second-order valence-corrected chi connectivity index (χ2v) is 5.15. The standard InChI is InChI=1S/C13H16ClN3O2/c1-16(2)13(19)11-4-3-7-17(11)12(18)9-5-6-15-8-10(9)14/h5-6,8,11H,3-4,7H2,1-2H3. The van der Waals surface area contributed by atoms with Crippen LogP contribution in [0.25, 0.3) is 0 Å². The summed E-state index contributed by atoms with van der Waals surface area (Å²) in [6.07, 6.45) is 4.50. The summed E-state index contributed by atoms with van der Waals surface area (Å²) in [4.78, 5) is 31.5. The van der Waals surface area contributed by atoms with E-state index < -0.39 is 0 Å². The average molecular weight is 282 g/mol. The number of rotatable bonds is 2. The zero-order valence-electron chi connectivity index (χ0n) is 11.0. The van der Waals surface area contributed by atoms with Gasteiger partial charge < -0.3 is 9.80 Å². The average Bonchev–Trinajstić information content (AvgIpc) is 2.86. The Morgan fingerprint density at radius 2 is 2.21 bits per heavy atom. The van der Waals surface area contributed by atoms with Gasteiger partial charge in [0, 0.05) is 33.0 Å². The van der Waals surface area contributed by atoms with E-state index in [0.29, 0.717) is 23.6 Å². The van der Waals surface area contributed by atoms with Crippen LogP contribution in [-0.2, 0) is 4.79 Å². The topological polar surface area (TPSA) is 53.5 Å². The lowest BCUT2D eigenvalue weighted by Crippen LogP contribution is -2.45. The van der Waals surface area contributed by atoms with Crippen LogP contribution < -0.4 is 0 Å². The van der Waals surface area contributed by atoms with Crippen LogP contribution in [0.5, 0.6) is 0 Å². The maximum absolute atomic E-state index is 12.4. The van der Waals surface area contributed by atoms with Crippen molar-refractivity contribution in [3.8, 4) is 0 Å². The van der Waals surface area contributed by atoms with E-state index in [1.165, 1.54) is 17.3 Å². The highest BCUT2D eigenvalue weighted by Gasteiger charge is 2.35. The highest BCUT2D eigenvalue weighted by molar-refractivity contribution is 6.33. The van der Waals surface area contributed by atoms with Crippen molar-refractivity contribution in [3.63, 3.8) is 0 Å². The molecule has 1 fully saturated rings. The van der Waals surface area contributed by atoms with Crippen LogP contribution >= 0.6 is 11.6 Å². The van der Waals surface area contributed by atoms with E-state index in [4.69, 9.17) is 11.6 Å². The minimum atomic E-state index is -0.383. The van der Waals surface area contributed by atoms with Crippen molar-refractivity contribution in [3.05, 3.63) is 29.0 Å². The fourth-order valence-electron chi connectivity index (χ4n) is 2.27. The number of pyridine rings is 1. The molecule has 0 saturated carbocycles. The van der Waals surface area contributed by atoms with Gasteiger partial charge in [0.15, 0.2) is 0 Å². The number of likely N-dealkylation sites (N-methyl/N-ethyl adjacent to an activating group) is 1. The Balaban J connectivity index is 2.24. The number of hydrogen-bond acceptors (Lipinski definition) is 3. The number of hydrogen-bond donors (Lipinski definition) is 0. The van der Waals surface area contributed by atoms with Gasteiger partial charge in [-0.15, -0.1) is 0 Å². The summed E-state index contributed by atoms with van der Waals surface area (Å²) in [5.74, 6) is -0.249. The van der Waals surface area contributed by atoms with Gasteiger partial charge in [0.2, 0.25) is 5.91 Å². The summed E-state index contributed by atoms with van der Waals surface area (Å²) in [7, 11) is 3.39. The smallest absolute Gasteiger partial charge is 0.256 e. The Kier molecular flexibility index (Phi) is 4.04. The minimum Gasteiger partial charge on any atom is -0.347 e. The largest absolute Gasteiger partial charge is 0.347 e. The third kappa shape index (κ3) is 2.71. The van der Waals surface area contributed by atoms with Crippen molar-refractivity contribution in [2.45, 2.75) is 18.9 Å². The van der Waals surface area contributed by atoms with Crippen LogP contribution in [0, 0.1) is 0 Å². The predicted octanol–water partition coefficient (Wildman–Crippen LogP) is 1.43. The van der Waals surface area contributed by atoms with Crippen molar-refractivity contribution in [2.24, 2.45) is 0 Å². The molecule has 1 atom stereocenters. The molecule has 1 saturated heterocycles. The van der Waals surface area contributed by atoms with Crippen LogP contribution in [0.15, 0.2) is 18.5 Å². The first kappa shape index (κ1) is 13.8. The molecule has 2 amide bonds. The van der Waals surface area contributed by atoms with Gasteiger partial charge >= 0.3 is 0 Å². The molecule has 0 N–H and O–H groups in total. The molecule has 2 heterocycles. The van der Waals surface area contributed by atoms with Crippen molar-refractivity contribution in [2.75, 3.05) is 20.6 Å². The second kappa shape index (κ2) is 5.57. The number of aromatic nitrogens is 1. The maximum atomic E-state index is 12.4. The van der Waals surface area contributed by atoms with Crippen molar-refractivity contribution >= 4 is 23.4 Å². The third-order valence-corrected chi connectivity index (χ3v) is 3.54. The first-order valence-electron chi connectivity index (χ1n) is 6.14. The summed E-state index contributed by atoms with van der Waals surface area (Å²) in [5, 5.41) is 0.315. The van der Waals surface area contributed by atoms with Gasteiger partial charge in [-0.3, -0.25) is 14.6 Å². The highest BCUT2D eigenvalue weighted by Crippen LogP contribution is 2.24. The first-order chi connectivity index (χ1) is 9.02. The molecular formula is C13H16ClN3O2. The SMILES string of the molecule is CN(C)C(=O)C1CCCN1C(=O)c1ccncc1Cl. The van der Waals surface area contributed by atoms with E-state index in [-0.39, 0.29) is 17.9 Å². The van der Waals surface area contributed by atoms with Crippen LogP contribution in [-0.4, -0.2) is 53.3 Å². The molecule has 0 bridgehead atoms. The van der Waals surface area contributed by atoms with E-state index in [2.05, 4.69) is 4.98 Å². The Hall–Kier alpha value is -1.62. The number of halogens is 1. The lowest BCUT2D eigenvalue weighted by molar-refractivity contribution is -0.132. The zero-order valence-corrected chi connectivity index (χ0v) is 11.7. The van der Waals surface area contributed by atoms with Crippen LogP contribution in [0.3, 0.4) is 0 Å². The quantitative estimate of drug-likeness (QED) is 0.824. The Morgan fingerprint density at radius 3 is 2.84 bits per heavy atom. The molecule has 0 spiro atoms. The summed E-state index contributed by atoms with van der Waals surface area (Å²) < 4.78 is 0. The molecule has 19 heavy (non-hydrogen) atoms. The maximum Gasteiger partial charge on any atom is 0.256 e. The summed E-state index contributed by atoms with van der Waals surface area (Å²) in [5.41, 5.74) is 0.398. The van der Waals surface area contributed by atoms with E-state index in [1.807, 2.05) is 0 Å². The fourth-order valence-corrected chi connectivity index (χ4v) is 2.47. The Bertz CT molecular complexity index is 504. The number of amides is 2. The van der Waals surface area contributed by atoms with Gasteiger partial charge in [0.1, 0.15) is 6.04 Å². The molecule has 5 nitrogen and oxygen atoms in total. The molecule has 0 aromatic carbocycles. The second-order valence-electron chi connectivity index (χ2n) is 4.74. The van der Waals surface area contributed by atoms with Gasteiger partial charge in [0.25, 0.3) is 5.91 Å². The molecule has 1 aliphatic heterocycles. The van der Waals surface area contributed by atoms with Gasteiger partial charge in [-0.25, -0.2) is 0 Å². The molecule has 1 aliphatic rings. The van der Waals surface area contributed by atoms with Crippen molar-refractivity contribution in [1.82, 2.24) is 14.8 Å². The third-order valence-electron chi connectivity index (χ3n) is 3.24. The van der Waals surface area contributed by atoms with Crippen LogP contribution in [0.1, 0.15) is 23.2 Å². The molecule has 6 heteroatoms. The number of likely N-dealkylation sites (tertiary alicyclic amines) is 1. The molecule has 0 radical (unpaired) electrons. The number of carbonyl (C=O) groups is 2. The molecule has 1 aromatic heterocycles. The van der Waals surface area contributed by atoms with Crippen LogP contribution in [0.2, 0.25) is 5.02 Å². The Labute approximate surface area is 117 Å². The minimum absolute atomic E-state index is 0.0453. The molecule has 2 rings (SSSR count). The van der Waals surface area contributed by atoms with Gasteiger partial charge in [-0.2, -0.15) is 0 Å². The summed E-state index contributed by atoms with van der Waals surface area (Å²) in [6, 6.07) is 1.20. The van der Waals surface area contributed by atoms with E-state index in [9.17, 15) is 9.59 Å². The van der Waals surface area contributed by atoms with Gasteiger partial charge in [-0.05, 0) is 18.9 Å². The van der Waals surface area contributed by atoms with Crippen LogP contribution in [0.4, 0.5) is 0 Å². The molecule has 1 unspecified atom stereocenters. The predicted molar refractivity (Wildman–Crippen MR) is 72.0 cm³/mol. The molecular weight excluding hydrogens is 266 g/mol. The van der Waals surface area contributed by atoms with Gasteiger partial charge in [0.05, 0.1) is 10.6 Å². The molecule has 102 valence electrons. The van der Waals surface area contributed by atoms with Crippen molar-refractivity contribution < 1.29 is 9.59 Å². The normalized spacial score (nSPS) is 18.5. The summed E-state index contributed by atoms with van der Waals surface area (Å²) in [6.45, 7) is 0.585. The number of nitrogens with zero attached hydrogens (tertiary/aromatic N) is 3. The van der Waals surface area contributed by atoms with E-state index >= 15 is 0 Å². The van der Waals surface area contributed by atoms with E-state index in [1.54, 1.807) is 25.1 Å². The zero-order chi connectivity index (χ0) is 14.0. The lowest BCUT2D eigenvalue weighted by atomic mass is 10.1. The fraction of sp³-hybridized carbons (Fsp3) is 0.462. The van der Waals surface area contributed by atoms with E-state index in [0.717, 1.165) is 6.42 Å². The Morgan fingerprint density at radius 1 is 1.47 bits per heavy atom. The highest BCUT2D eigenvalue weighted by atomic mass is 35.5. The van der Waals surface area contributed by atoms with Crippen molar-refractivity contribution in [1.29, 1.82) is 0 Å². The molecule has 0 aliphatic carbocycles. The lowest BCUT2D eigenvalue weighted by Gasteiger charge is -2.26. The number of carbonyl (C=O) groups excluding carboxylic acids is 2. The van der Waals surface area contributed by atoms with Gasteiger partial charge in [-0.1, -0.05) is 11.6 Å². The molecule has 1 aromatic rings. The first-order valence-corrected chi connectivity index (χ1v) is 6.52.